The van der Waals surface area contributed by atoms with Gasteiger partial charge in [-0.3, -0.25) is 4.79 Å². The highest BCUT2D eigenvalue weighted by atomic mass is 16.2. The van der Waals surface area contributed by atoms with E-state index in [0.29, 0.717) is 5.92 Å². The molecule has 0 N–H and O–H groups in total. The van der Waals surface area contributed by atoms with Gasteiger partial charge in [0.1, 0.15) is 0 Å². The van der Waals surface area contributed by atoms with Gasteiger partial charge >= 0.3 is 0 Å². The van der Waals surface area contributed by atoms with Crippen molar-refractivity contribution in [2.75, 3.05) is 0 Å². The van der Waals surface area contributed by atoms with Gasteiger partial charge < -0.3 is 4.90 Å². The van der Waals surface area contributed by atoms with Gasteiger partial charge in [0, 0.05) is 18.0 Å². The van der Waals surface area contributed by atoms with Crippen LogP contribution in [0.3, 0.4) is 0 Å². The zero-order valence-corrected chi connectivity index (χ0v) is 12.3. The summed E-state index contributed by atoms with van der Waals surface area (Å²) in [6.45, 7) is 16.6. The molecule has 1 rings (SSSR count). The number of amides is 1. The molecule has 1 aliphatic heterocycles. The highest BCUT2D eigenvalue weighted by Gasteiger charge is 2.45. The minimum atomic E-state index is 0.00694. The third-order valence-corrected chi connectivity index (χ3v) is 3.22. The first-order chi connectivity index (χ1) is 7.17. The molecule has 0 saturated carbocycles. The van der Waals surface area contributed by atoms with E-state index in [1.165, 1.54) is 0 Å². The predicted octanol–water partition coefficient (Wildman–Crippen LogP) is 3.85. The second kappa shape index (κ2) is 5.20. The summed E-state index contributed by atoms with van der Waals surface area (Å²) in [5.74, 6) is 0.905. The number of nitrogens with zero attached hydrogens (tertiary/aromatic N) is 1. The molecule has 1 aliphatic rings. The lowest BCUT2D eigenvalue weighted by Crippen LogP contribution is -2.61. The minimum Gasteiger partial charge on any atom is -0.333 e. The number of piperidine rings is 1. The van der Waals surface area contributed by atoms with Crippen LogP contribution in [0.5, 0.6) is 0 Å². The van der Waals surface area contributed by atoms with Gasteiger partial charge in [0.05, 0.1) is 0 Å². The Bertz CT molecular complexity index is 225. The highest BCUT2D eigenvalue weighted by molar-refractivity contribution is 5.75. The Morgan fingerprint density at radius 1 is 1.06 bits per heavy atom. The molecule has 0 bridgehead atoms. The molecule has 96 valence electrons. The van der Waals surface area contributed by atoms with Gasteiger partial charge in [0.25, 0.3) is 0 Å². The number of carbonyl (C=O) groups excluding carboxylic acids is 1. The molecule has 0 radical (unpaired) electrons. The van der Waals surface area contributed by atoms with Gasteiger partial charge in [-0.1, -0.05) is 20.8 Å². The van der Waals surface area contributed by atoms with E-state index in [-0.39, 0.29) is 17.0 Å². The second-order valence-electron chi connectivity index (χ2n) is 5.99. The van der Waals surface area contributed by atoms with Crippen LogP contribution in [-0.2, 0) is 4.79 Å². The van der Waals surface area contributed by atoms with Crippen LogP contribution in [-0.4, -0.2) is 21.9 Å². The van der Waals surface area contributed by atoms with Crippen LogP contribution in [0.4, 0.5) is 0 Å². The lowest BCUT2D eigenvalue weighted by molar-refractivity contribution is -0.148. The van der Waals surface area contributed by atoms with Crippen molar-refractivity contribution >= 4 is 5.91 Å². The first-order valence-electron chi connectivity index (χ1n) is 6.48. The fourth-order valence-corrected chi connectivity index (χ4v) is 3.63. The first-order valence-corrected chi connectivity index (χ1v) is 6.48. The van der Waals surface area contributed by atoms with Crippen molar-refractivity contribution in [3.8, 4) is 0 Å². The van der Waals surface area contributed by atoms with Gasteiger partial charge in [-0.2, -0.15) is 0 Å². The van der Waals surface area contributed by atoms with Crippen LogP contribution in [0.1, 0.15) is 68.2 Å². The van der Waals surface area contributed by atoms with Crippen molar-refractivity contribution in [2.45, 2.75) is 79.3 Å². The van der Waals surface area contributed by atoms with Gasteiger partial charge in [-0.05, 0) is 46.5 Å². The second-order valence-corrected chi connectivity index (χ2v) is 5.99. The lowest BCUT2D eigenvalue weighted by atomic mass is 9.74. The highest BCUT2D eigenvalue weighted by Crippen LogP contribution is 2.40. The van der Waals surface area contributed by atoms with E-state index in [0.717, 1.165) is 12.8 Å². The molecule has 0 aliphatic carbocycles. The SMILES string of the molecule is CC.CC(=O)N1C(C)(C)CC(C)CC1(C)C. The number of rotatable bonds is 0. The molecule has 0 aromatic rings. The van der Waals surface area contributed by atoms with E-state index >= 15 is 0 Å². The third kappa shape index (κ3) is 3.23. The number of hydrogen-bond donors (Lipinski definition) is 0. The molecular weight excluding hydrogens is 198 g/mol. The molecular formula is C14H29NO. The summed E-state index contributed by atoms with van der Waals surface area (Å²) in [6, 6.07) is 0. The van der Waals surface area contributed by atoms with E-state index < -0.39 is 0 Å². The quantitative estimate of drug-likeness (QED) is 0.615. The van der Waals surface area contributed by atoms with Crippen molar-refractivity contribution in [3.63, 3.8) is 0 Å². The van der Waals surface area contributed by atoms with Crippen LogP contribution < -0.4 is 0 Å². The molecule has 1 amide bonds. The number of likely N-dealkylation sites (tertiary alicyclic amines) is 1. The van der Waals surface area contributed by atoms with E-state index in [9.17, 15) is 4.79 Å². The number of carbonyl (C=O) groups is 1. The van der Waals surface area contributed by atoms with Gasteiger partial charge in [0.2, 0.25) is 5.91 Å². The third-order valence-electron chi connectivity index (χ3n) is 3.22. The topological polar surface area (TPSA) is 20.3 Å². The fourth-order valence-electron chi connectivity index (χ4n) is 3.63. The molecule has 0 spiro atoms. The monoisotopic (exact) mass is 227 g/mol. The summed E-state index contributed by atoms with van der Waals surface area (Å²) < 4.78 is 0. The zero-order valence-electron chi connectivity index (χ0n) is 12.3. The molecule has 0 atom stereocenters. The van der Waals surface area contributed by atoms with Crippen molar-refractivity contribution in [1.29, 1.82) is 0 Å². The summed E-state index contributed by atoms with van der Waals surface area (Å²) >= 11 is 0. The van der Waals surface area contributed by atoms with E-state index in [1.807, 2.05) is 13.8 Å². The minimum absolute atomic E-state index is 0.00694. The van der Waals surface area contributed by atoms with Crippen LogP contribution in [0.2, 0.25) is 0 Å². The summed E-state index contributed by atoms with van der Waals surface area (Å²) in [7, 11) is 0. The maximum Gasteiger partial charge on any atom is 0.220 e. The Balaban J connectivity index is 0.00000106. The number of hydrogen-bond acceptors (Lipinski definition) is 1. The van der Waals surface area contributed by atoms with E-state index in [2.05, 4.69) is 39.5 Å². The van der Waals surface area contributed by atoms with E-state index in [1.54, 1.807) is 6.92 Å². The molecule has 16 heavy (non-hydrogen) atoms. The Labute approximate surface area is 101 Å². The lowest BCUT2D eigenvalue weighted by Gasteiger charge is -2.54. The van der Waals surface area contributed by atoms with Crippen LogP contribution in [0, 0.1) is 5.92 Å². The van der Waals surface area contributed by atoms with Crippen LogP contribution in [0.15, 0.2) is 0 Å². The summed E-state index contributed by atoms with van der Waals surface area (Å²) in [5, 5.41) is 0. The molecule has 0 aromatic heterocycles. The molecule has 1 fully saturated rings. The maximum absolute atomic E-state index is 11.7. The van der Waals surface area contributed by atoms with Gasteiger partial charge in [-0.15, -0.1) is 0 Å². The Hall–Kier alpha value is -0.530. The standard InChI is InChI=1S/C12H23NO.C2H6/c1-9-7-11(3,4)13(10(2)14)12(5,6)8-9;1-2/h9H,7-8H2,1-6H3;1-2H3. The molecule has 2 nitrogen and oxygen atoms in total. The maximum atomic E-state index is 11.7. The predicted molar refractivity (Wildman–Crippen MR) is 70.4 cm³/mol. The molecule has 0 unspecified atom stereocenters. The largest absolute Gasteiger partial charge is 0.333 e. The summed E-state index contributed by atoms with van der Waals surface area (Å²) in [6.07, 6.45) is 2.21. The van der Waals surface area contributed by atoms with Crippen LogP contribution in [0.25, 0.3) is 0 Å². The van der Waals surface area contributed by atoms with Crippen molar-refractivity contribution in [1.82, 2.24) is 4.90 Å². The first kappa shape index (κ1) is 15.5. The Morgan fingerprint density at radius 3 is 1.62 bits per heavy atom. The Kier molecular flexibility index (Phi) is 5.03. The molecule has 0 aromatic carbocycles. The van der Waals surface area contributed by atoms with Crippen LogP contribution >= 0.6 is 0 Å². The molecule has 2 heteroatoms. The average molecular weight is 227 g/mol. The van der Waals surface area contributed by atoms with Crippen molar-refractivity contribution < 1.29 is 4.79 Å². The van der Waals surface area contributed by atoms with E-state index in [4.69, 9.17) is 0 Å². The Morgan fingerprint density at radius 2 is 1.38 bits per heavy atom. The molecule has 1 saturated heterocycles. The van der Waals surface area contributed by atoms with Gasteiger partial charge in [0.15, 0.2) is 0 Å². The smallest absolute Gasteiger partial charge is 0.220 e. The summed E-state index contributed by atoms with van der Waals surface area (Å²) in [4.78, 5) is 13.7. The zero-order chi connectivity index (χ0) is 13.1. The van der Waals surface area contributed by atoms with Crippen molar-refractivity contribution in [3.05, 3.63) is 0 Å². The van der Waals surface area contributed by atoms with Gasteiger partial charge in [-0.25, -0.2) is 0 Å². The summed E-state index contributed by atoms with van der Waals surface area (Å²) in [5.41, 5.74) is 0.0139. The van der Waals surface area contributed by atoms with Crippen molar-refractivity contribution in [2.24, 2.45) is 5.92 Å². The fraction of sp³-hybridized carbons (Fsp3) is 0.929. The average Bonchev–Trinajstić information content (AvgIpc) is 1.99. The molecule has 1 heterocycles. The normalized spacial score (nSPS) is 23.4.